The first-order valence-electron chi connectivity index (χ1n) is 12.5. The minimum Gasteiger partial charge on any atom is -0.489 e. The number of rotatable bonds is 14. The van der Waals surface area contributed by atoms with Crippen LogP contribution < -0.4 is 10.1 Å². The summed E-state index contributed by atoms with van der Waals surface area (Å²) in [6.45, 7) is 11.6. The van der Waals surface area contributed by atoms with E-state index in [1.807, 2.05) is 0 Å². The average molecular weight is 531 g/mol. The largest absolute Gasteiger partial charge is 0.489 e. The van der Waals surface area contributed by atoms with Crippen LogP contribution in [0.4, 0.5) is 18.0 Å². The number of fused-ring (bicyclic) bond motifs is 1. The van der Waals surface area contributed by atoms with Gasteiger partial charge in [0.15, 0.2) is 17.2 Å². The Balaban J connectivity index is 1.88. The summed E-state index contributed by atoms with van der Waals surface area (Å²) in [7, 11) is 0. The molecular weight excluding hydrogens is 497 g/mol. The van der Waals surface area contributed by atoms with Crippen molar-refractivity contribution in [3.05, 3.63) is 67.5 Å². The molecule has 8 nitrogen and oxygen atoms in total. The highest BCUT2D eigenvalue weighted by atomic mass is 19.3. The van der Waals surface area contributed by atoms with Gasteiger partial charge in [-0.3, -0.25) is 4.98 Å². The molecule has 0 saturated carbocycles. The number of ether oxygens (including phenoxy) is 1. The van der Waals surface area contributed by atoms with Crippen LogP contribution in [0.2, 0.25) is 0 Å². The number of nitrogens with zero attached hydrogens (tertiary/aromatic N) is 5. The van der Waals surface area contributed by atoms with Gasteiger partial charge in [-0.1, -0.05) is 12.2 Å². The molecule has 3 heterocycles. The van der Waals surface area contributed by atoms with Crippen molar-refractivity contribution in [2.24, 2.45) is 0 Å². The van der Waals surface area contributed by atoms with Gasteiger partial charge in [0.05, 0.1) is 30.2 Å². The number of halogens is 3. The molecule has 0 spiro atoms. The minimum atomic E-state index is -2.45. The van der Waals surface area contributed by atoms with E-state index in [9.17, 15) is 18.0 Å². The van der Waals surface area contributed by atoms with Gasteiger partial charge in [0.2, 0.25) is 6.43 Å². The number of amides is 2. The second kappa shape index (κ2) is 13.6. The number of aromatic nitrogens is 4. The molecule has 3 aromatic heterocycles. The maximum Gasteiger partial charge on any atom is 0.318 e. The smallest absolute Gasteiger partial charge is 0.318 e. The third-order valence-electron chi connectivity index (χ3n) is 6.07. The summed E-state index contributed by atoms with van der Waals surface area (Å²) in [6, 6.07) is 1.72. The van der Waals surface area contributed by atoms with E-state index in [2.05, 4.69) is 33.5 Å². The number of hydrogen-bond acceptors (Lipinski definition) is 5. The van der Waals surface area contributed by atoms with Crippen molar-refractivity contribution in [1.82, 2.24) is 29.8 Å². The second-order valence-electron chi connectivity index (χ2n) is 8.71. The van der Waals surface area contributed by atoms with E-state index in [-0.39, 0.29) is 18.4 Å². The Morgan fingerprint density at radius 1 is 1.24 bits per heavy atom. The molecule has 3 aromatic rings. The van der Waals surface area contributed by atoms with Gasteiger partial charge in [-0.25, -0.2) is 27.5 Å². The van der Waals surface area contributed by atoms with E-state index >= 15 is 0 Å². The lowest BCUT2D eigenvalue weighted by Crippen LogP contribution is -2.46. The number of urea groups is 1. The first-order valence-corrected chi connectivity index (χ1v) is 12.5. The van der Waals surface area contributed by atoms with Crippen LogP contribution in [0.15, 0.2) is 56.0 Å². The van der Waals surface area contributed by atoms with Crippen LogP contribution >= 0.6 is 0 Å². The molecule has 0 radical (unpaired) electrons. The first-order chi connectivity index (χ1) is 18.3. The molecule has 0 aliphatic heterocycles. The molecule has 2 amide bonds. The van der Waals surface area contributed by atoms with Gasteiger partial charge in [0, 0.05) is 43.0 Å². The zero-order chi connectivity index (χ0) is 27.7. The number of carbonyl (C=O) groups excluding carboxylic acids is 1. The lowest BCUT2D eigenvalue weighted by atomic mass is 10.1. The fourth-order valence-electron chi connectivity index (χ4n) is 4.05. The number of alkyl halides is 2. The van der Waals surface area contributed by atoms with Crippen molar-refractivity contribution >= 4 is 11.7 Å². The molecular formula is C27H33F3N6O2. The topological polar surface area (TPSA) is 84.6 Å². The van der Waals surface area contributed by atoms with Gasteiger partial charge in [0.25, 0.3) is 0 Å². The highest BCUT2D eigenvalue weighted by Crippen LogP contribution is 2.30. The van der Waals surface area contributed by atoms with E-state index in [4.69, 9.17) is 4.74 Å². The van der Waals surface area contributed by atoms with Gasteiger partial charge in [-0.05, 0) is 39.2 Å². The highest BCUT2D eigenvalue weighted by molar-refractivity contribution is 5.75. The number of hydrogen-bond donors (Lipinski definition) is 1. The molecule has 0 saturated heterocycles. The second-order valence-corrected chi connectivity index (χ2v) is 8.71. The summed E-state index contributed by atoms with van der Waals surface area (Å²) in [5.41, 5.74) is 1.43. The van der Waals surface area contributed by atoms with E-state index < -0.39 is 30.4 Å². The molecule has 0 bridgehead atoms. The number of nitrogens with one attached hydrogen (secondary N) is 1. The summed E-state index contributed by atoms with van der Waals surface area (Å²) < 4.78 is 47.8. The van der Waals surface area contributed by atoms with Gasteiger partial charge in [0.1, 0.15) is 0 Å². The summed E-state index contributed by atoms with van der Waals surface area (Å²) in [5, 5.41) is 7.29. The summed E-state index contributed by atoms with van der Waals surface area (Å²) in [5.74, 6) is -0.144. The van der Waals surface area contributed by atoms with Crippen LogP contribution in [0, 0.1) is 5.82 Å². The zero-order valence-corrected chi connectivity index (χ0v) is 21.6. The van der Waals surface area contributed by atoms with Crippen molar-refractivity contribution < 1.29 is 22.7 Å². The molecule has 0 aromatic carbocycles. The number of imidazole rings is 1. The molecule has 0 aliphatic carbocycles. The Labute approximate surface area is 220 Å². The molecule has 204 valence electrons. The van der Waals surface area contributed by atoms with Crippen LogP contribution in [0.5, 0.6) is 5.75 Å². The van der Waals surface area contributed by atoms with Gasteiger partial charge in [-0.2, -0.15) is 5.10 Å². The van der Waals surface area contributed by atoms with Crippen molar-refractivity contribution in [1.29, 1.82) is 0 Å². The van der Waals surface area contributed by atoms with Crippen LogP contribution in [0.25, 0.3) is 16.9 Å². The Bertz CT molecular complexity index is 1250. The van der Waals surface area contributed by atoms with Crippen molar-refractivity contribution in [3.8, 4) is 17.0 Å². The molecule has 0 aliphatic rings. The van der Waals surface area contributed by atoms with Crippen molar-refractivity contribution in [3.63, 3.8) is 0 Å². The number of pyridine rings is 1. The minimum absolute atomic E-state index is 0.125. The Morgan fingerprint density at radius 2 is 2.03 bits per heavy atom. The molecule has 3 rings (SSSR count). The van der Waals surface area contributed by atoms with E-state index in [1.54, 1.807) is 50.5 Å². The summed E-state index contributed by atoms with van der Waals surface area (Å²) in [6.07, 6.45) is 5.96. The highest BCUT2D eigenvalue weighted by Gasteiger charge is 2.25. The molecule has 0 fully saturated rings. The third-order valence-corrected chi connectivity index (χ3v) is 6.07. The SMILES string of the molecule is C=CCCOc1cc(-c2cc(C(C)N(CC)C(=O)NC(CC=C)CCC(F)F)ncc2F)nn2ccnc12. The molecule has 2 atom stereocenters. The Morgan fingerprint density at radius 3 is 2.71 bits per heavy atom. The Hall–Kier alpha value is -3.89. The van der Waals surface area contributed by atoms with Crippen molar-refractivity contribution in [2.75, 3.05) is 13.2 Å². The monoisotopic (exact) mass is 530 g/mol. The summed E-state index contributed by atoms with van der Waals surface area (Å²) in [4.78, 5) is 23.1. The predicted molar refractivity (Wildman–Crippen MR) is 140 cm³/mol. The van der Waals surface area contributed by atoms with Crippen LogP contribution in [0.1, 0.15) is 51.3 Å². The van der Waals surface area contributed by atoms with E-state index in [0.29, 0.717) is 48.8 Å². The van der Waals surface area contributed by atoms with E-state index in [1.165, 1.54) is 9.42 Å². The molecule has 11 heteroatoms. The van der Waals surface area contributed by atoms with E-state index in [0.717, 1.165) is 6.20 Å². The van der Waals surface area contributed by atoms with Gasteiger partial charge >= 0.3 is 6.03 Å². The molecule has 1 N–H and O–H groups in total. The molecule has 2 unspecified atom stereocenters. The summed E-state index contributed by atoms with van der Waals surface area (Å²) >= 11 is 0. The normalized spacial score (nSPS) is 12.8. The average Bonchev–Trinajstić information content (AvgIpc) is 3.37. The maximum atomic E-state index is 15.0. The van der Waals surface area contributed by atoms with Gasteiger partial charge < -0.3 is 15.0 Å². The molecule has 38 heavy (non-hydrogen) atoms. The predicted octanol–water partition coefficient (Wildman–Crippen LogP) is 5.97. The Kier molecular flexibility index (Phi) is 10.3. The van der Waals surface area contributed by atoms with Crippen LogP contribution in [-0.4, -0.2) is 56.1 Å². The van der Waals surface area contributed by atoms with Crippen LogP contribution in [0.3, 0.4) is 0 Å². The van der Waals surface area contributed by atoms with Gasteiger partial charge in [-0.15, -0.1) is 13.2 Å². The quantitative estimate of drug-likeness (QED) is 0.205. The third kappa shape index (κ3) is 7.11. The lowest BCUT2D eigenvalue weighted by Gasteiger charge is -2.30. The van der Waals surface area contributed by atoms with Crippen LogP contribution in [-0.2, 0) is 0 Å². The number of carbonyl (C=O) groups is 1. The fraction of sp³-hybridized carbons (Fsp3) is 0.407. The zero-order valence-electron chi connectivity index (χ0n) is 21.6. The lowest BCUT2D eigenvalue weighted by molar-refractivity contribution is 0.128. The van der Waals surface area contributed by atoms with Crippen molar-refractivity contribution in [2.45, 2.75) is 58.0 Å². The fourth-order valence-corrected chi connectivity index (χ4v) is 4.05. The maximum absolute atomic E-state index is 15.0. The standard InChI is InChI=1S/C27H33F3N6O2/c1-5-8-14-38-24-16-23(34-36-13-12-31-26(24)36)20-15-22(32-17-21(20)28)18(4)35(7-3)27(37)33-19(9-6-2)10-11-25(29)30/h5-6,12-13,15-19,25H,1-2,7-11,14H2,3-4H3,(H,33,37). The first kappa shape index (κ1) is 28.7.